The lowest BCUT2D eigenvalue weighted by Gasteiger charge is -2.14. The number of rotatable bonds is 6. The summed E-state index contributed by atoms with van der Waals surface area (Å²) < 4.78 is 27.2. The highest BCUT2D eigenvalue weighted by molar-refractivity contribution is 8.00. The van der Waals surface area contributed by atoms with Crippen molar-refractivity contribution >= 4 is 33.2 Å². The molecule has 7 nitrogen and oxygen atoms in total. The SMILES string of the molecule is CSC1(CNS(=O)(=O)c2cc([N+](=O)[O-])c(N)cc2C)CC1. The second-order valence-electron chi connectivity index (χ2n) is 5.15. The molecule has 2 rings (SSSR count). The zero-order valence-corrected chi connectivity index (χ0v) is 13.4. The Labute approximate surface area is 127 Å². The summed E-state index contributed by atoms with van der Waals surface area (Å²) in [7, 11) is -3.79. The summed E-state index contributed by atoms with van der Waals surface area (Å²) in [5.74, 6) is 0. The Hall–Kier alpha value is -1.32. The molecule has 1 saturated carbocycles. The van der Waals surface area contributed by atoms with Gasteiger partial charge in [0.25, 0.3) is 5.69 Å². The number of nitrogen functional groups attached to an aromatic ring is 1. The van der Waals surface area contributed by atoms with Crippen LogP contribution in [-0.4, -0.2) is 30.9 Å². The smallest absolute Gasteiger partial charge is 0.293 e. The first-order chi connectivity index (χ1) is 9.71. The highest BCUT2D eigenvalue weighted by Crippen LogP contribution is 2.46. The van der Waals surface area contributed by atoms with E-state index in [4.69, 9.17) is 5.73 Å². The molecule has 1 aromatic rings. The van der Waals surface area contributed by atoms with Gasteiger partial charge in [-0.2, -0.15) is 11.8 Å². The number of hydrogen-bond donors (Lipinski definition) is 2. The number of nitrogens with one attached hydrogen (secondary N) is 1. The Kier molecular flexibility index (Phi) is 4.18. The maximum Gasteiger partial charge on any atom is 0.293 e. The Morgan fingerprint density at radius 2 is 2.10 bits per heavy atom. The fraction of sp³-hybridized carbons (Fsp3) is 0.500. The van der Waals surface area contributed by atoms with Gasteiger partial charge in [-0.25, -0.2) is 13.1 Å². The number of nitro groups is 1. The molecule has 0 atom stereocenters. The van der Waals surface area contributed by atoms with E-state index in [0.29, 0.717) is 12.1 Å². The molecule has 9 heteroatoms. The molecule has 0 unspecified atom stereocenters. The number of hydrogen-bond acceptors (Lipinski definition) is 6. The molecule has 1 fully saturated rings. The van der Waals surface area contributed by atoms with Crippen molar-refractivity contribution in [1.82, 2.24) is 4.72 Å². The van der Waals surface area contributed by atoms with E-state index in [-0.39, 0.29) is 15.3 Å². The fourth-order valence-electron chi connectivity index (χ4n) is 2.04. The predicted molar refractivity (Wildman–Crippen MR) is 82.9 cm³/mol. The molecule has 0 amide bonds. The number of nitro benzene ring substituents is 1. The molecule has 21 heavy (non-hydrogen) atoms. The van der Waals surface area contributed by atoms with E-state index in [0.717, 1.165) is 18.9 Å². The van der Waals surface area contributed by atoms with E-state index in [1.54, 1.807) is 18.7 Å². The van der Waals surface area contributed by atoms with Gasteiger partial charge in [-0.05, 0) is 37.7 Å². The predicted octanol–water partition coefficient (Wildman–Crippen LogP) is 1.66. The van der Waals surface area contributed by atoms with Crippen molar-refractivity contribution in [2.75, 3.05) is 18.5 Å². The first-order valence-corrected chi connectivity index (χ1v) is 9.01. The first-order valence-electron chi connectivity index (χ1n) is 6.30. The number of benzene rings is 1. The van der Waals surface area contributed by atoms with Crippen molar-refractivity contribution in [3.63, 3.8) is 0 Å². The van der Waals surface area contributed by atoms with E-state index in [9.17, 15) is 18.5 Å². The number of sulfonamides is 1. The van der Waals surface area contributed by atoms with Crippen molar-refractivity contribution in [3.8, 4) is 0 Å². The summed E-state index contributed by atoms with van der Waals surface area (Å²) in [6.45, 7) is 1.89. The second-order valence-corrected chi connectivity index (χ2v) is 8.15. The van der Waals surface area contributed by atoms with E-state index in [2.05, 4.69) is 4.72 Å². The van der Waals surface area contributed by atoms with Gasteiger partial charge < -0.3 is 5.73 Å². The molecule has 0 saturated heterocycles. The van der Waals surface area contributed by atoms with Crippen LogP contribution in [0.25, 0.3) is 0 Å². The van der Waals surface area contributed by atoms with Gasteiger partial charge in [-0.1, -0.05) is 0 Å². The molecule has 0 radical (unpaired) electrons. The maximum atomic E-state index is 12.3. The van der Waals surface area contributed by atoms with Crippen LogP contribution in [0, 0.1) is 17.0 Å². The van der Waals surface area contributed by atoms with Crippen LogP contribution in [0.4, 0.5) is 11.4 Å². The van der Waals surface area contributed by atoms with Crippen LogP contribution >= 0.6 is 11.8 Å². The average Bonchev–Trinajstić information content (AvgIpc) is 3.16. The number of aryl methyl sites for hydroxylation is 1. The zero-order valence-electron chi connectivity index (χ0n) is 11.8. The Morgan fingerprint density at radius 3 is 2.57 bits per heavy atom. The van der Waals surface area contributed by atoms with E-state index < -0.39 is 20.6 Å². The molecule has 1 aliphatic rings. The standard InChI is InChI=1S/C12H17N3O4S2/c1-8-5-9(13)10(15(16)17)6-11(8)21(18,19)14-7-12(20-2)3-4-12/h5-6,14H,3-4,7,13H2,1-2H3. The molecular formula is C12H17N3O4S2. The van der Waals surface area contributed by atoms with Gasteiger partial charge in [-0.15, -0.1) is 0 Å². The summed E-state index contributed by atoms with van der Waals surface area (Å²) >= 11 is 1.63. The number of anilines is 1. The van der Waals surface area contributed by atoms with E-state index >= 15 is 0 Å². The number of nitrogens with two attached hydrogens (primary N) is 1. The third-order valence-electron chi connectivity index (χ3n) is 3.64. The zero-order chi connectivity index (χ0) is 15.8. The highest BCUT2D eigenvalue weighted by Gasteiger charge is 2.42. The van der Waals surface area contributed by atoms with Crippen molar-refractivity contribution in [2.24, 2.45) is 0 Å². The number of thioether (sulfide) groups is 1. The monoisotopic (exact) mass is 331 g/mol. The van der Waals surface area contributed by atoms with Crippen LogP contribution in [0.1, 0.15) is 18.4 Å². The molecule has 0 aliphatic heterocycles. The Morgan fingerprint density at radius 1 is 1.48 bits per heavy atom. The minimum Gasteiger partial charge on any atom is -0.393 e. The summed E-state index contributed by atoms with van der Waals surface area (Å²) in [5, 5.41) is 10.9. The molecule has 0 spiro atoms. The molecular weight excluding hydrogens is 314 g/mol. The molecule has 3 N–H and O–H groups in total. The summed E-state index contributed by atoms with van der Waals surface area (Å²) in [5.41, 5.74) is 5.50. The summed E-state index contributed by atoms with van der Waals surface area (Å²) in [6.07, 6.45) is 3.88. The highest BCUT2D eigenvalue weighted by atomic mass is 32.2. The lowest BCUT2D eigenvalue weighted by molar-refractivity contribution is -0.384. The topological polar surface area (TPSA) is 115 Å². The van der Waals surface area contributed by atoms with Crippen molar-refractivity contribution < 1.29 is 13.3 Å². The normalized spacial score (nSPS) is 16.7. The quantitative estimate of drug-likeness (QED) is 0.465. The van der Waals surface area contributed by atoms with Crippen molar-refractivity contribution in [2.45, 2.75) is 29.4 Å². The molecule has 0 aromatic heterocycles. The van der Waals surface area contributed by atoms with Crippen molar-refractivity contribution in [3.05, 3.63) is 27.8 Å². The van der Waals surface area contributed by atoms with E-state index in [1.807, 2.05) is 6.26 Å². The molecule has 0 heterocycles. The average molecular weight is 331 g/mol. The lowest BCUT2D eigenvalue weighted by atomic mass is 10.2. The lowest BCUT2D eigenvalue weighted by Crippen LogP contribution is -2.32. The van der Waals surface area contributed by atoms with Gasteiger partial charge in [0.1, 0.15) is 5.69 Å². The van der Waals surface area contributed by atoms with Crippen LogP contribution in [-0.2, 0) is 10.0 Å². The fourth-order valence-corrected chi connectivity index (χ4v) is 4.23. The van der Waals surface area contributed by atoms with Gasteiger partial charge in [0.15, 0.2) is 0 Å². The van der Waals surface area contributed by atoms with E-state index in [1.165, 1.54) is 6.07 Å². The third kappa shape index (κ3) is 3.30. The summed E-state index contributed by atoms with van der Waals surface area (Å²) in [4.78, 5) is 10.1. The van der Waals surface area contributed by atoms with Gasteiger partial charge >= 0.3 is 0 Å². The van der Waals surface area contributed by atoms with Gasteiger partial charge in [0.05, 0.1) is 9.82 Å². The second kappa shape index (κ2) is 5.47. The largest absolute Gasteiger partial charge is 0.393 e. The third-order valence-corrected chi connectivity index (χ3v) is 6.60. The van der Waals surface area contributed by atoms with Gasteiger partial charge in [-0.3, -0.25) is 10.1 Å². The van der Waals surface area contributed by atoms with Crippen LogP contribution in [0.2, 0.25) is 0 Å². The summed E-state index contributed by atoms with van der Waals surface area (Å²) in [6, 6.07) is 2.33. The molecule has 116 valence electrons. The molecule has 1 aromatic carbocycles. The van der Waals surface area contributed by atoms with Crippen LogP contribution < -0.4 is 10.5 Å². The van der Waals surface area contributed by atoms with Gasteiger partial charge in [0, 0.05) is 17.4 Å². The van der Waals surface area contributed by atoms with Crippen LogP contribution in [0.3, 0.4) is 0 Å². The molecule has 1 aliphatic carbocycles. The van der Waals surface area contributed by atoms with Crippen molar-refractivity contribution in [1.29, 1.82) is 0 Å². The van der Waals surface area contributed by atoms with Crippen LogP contribution in [0.15, 0.2) is 17.0 Å². The van der Waals surface area contributed by atoms with Crippen LogP contribution in [0.5, 0.6) is 0 Å². The minimum atomic E-state index is -3.79. The minimum absolute atomic E-state index is 0.0271. The maximum absolute atomic E-state index is 12.3. The molecule has 0 bridgehead atoms. The Bertz CT molecular complexity index is 684. The first kappa shape index (κ1) is 16.1. The van der Waals surface area contributed by atoms with Gasteiger partial charge in [0.2, 0.25) is 10.0 Å². The Balaban J connectivity index is 2.31. The number of nitrogens with zero attached hydrogens (tertiary/aromatic N) is 1.